The molecule has 136 valence electrons. The van der Waals surface area contributed by atoms with E-state index in [0.29, 0.717) is 5.52 Å². The fourth-order valence-electron chi connectivity index (χ4n) is 2.96. The van der Waals surface area contributed by atoms with E-state index in [4.69, 9.17) is 9.26 Å². The summed E-state index contributed by atoms with van der Waals surface area (Å²) in [4.78, 5) is 19.9. The second kappa shape index (κ2) is 6.11. The number of benzene rings is 1. The van der Waals surface area contributed by atoms with E-state index in [2.05, 4.69) is 9.62 Å². The molecule has 2 fully saturated rings. The number of nitrogens with zero attached hydrogens (tertiary/aromatic N) is 3. The summed E-state index contributed by atoms with van der Waals surface area (Å²) in [6.07, 6.45) is -2.82. The van der Waals surface area contributed by atoms with Gasteiger partial charge in [0.1, 0.15) is 18.3 Å². The number of hydrogen-bond acceptors (Lipinski definition) is 9. The Morgan fingerprint density at radius 3 is 2.92 bits per heavy atom. The molecule has 0 spiro atoms. The number of fused-ring (bicyclic) bond motifs is 2. The van der Waals surface area contributed by atoms with Crippen LogP contribution in [-0.4, -0.2) is 49.6 Å². The predicted octanol–water partition coefficient (Wildman–Crippen LogP) is 0.881. The summed E-state index contributed by atoms with van der Waals surface area (Å²) in [5.41, 5.74) is 0.267. The maximum Gasteiger partial charge on any atom is 0.472 e. The molecule has 12 nitrogen and oxygen atoms in total. The molecule has 3 heterocycles. The first-order valence-electron chi connectivity index (χ1n) is 6.97. The molecule has 0 bridgehead atoms. The number of nitro groups is 1. The van der Waals surface area contributed by atoms with E-state index in [1.807, 2.05) is 0 Å². The van der Waals surface area contributed by atoms with Crippen molar-refractivity contribution in [2.75, 3.05) is 6.61 Å². The number of hydrogen-bond donors (Lipinski definition) is 3. The minimum absolute atomic E-state index is 0. The van der Waals surface area contributed by atoms with Gasteiger partial charge in [0.15, 0.2) is 6.23 Å². The van der Waals surface area contributed by atoms with E-state index in [0.717, 1.165) is 0 Å². The molecule has 0 radical (unpaired) electrons. The highest BCUT2D eigenvalue weighted by Gasteiger charge is 2.52. The van der Waals surface area contributed by atoms with Gasteiger partial charge in [0.05, 0.1) is 28.6 Å². The van der Waals surface area contributed by atoms with Crippen LogP contribution in [0.25, 0.3) is 10.9 Å². The molecule has 0 amide bonds. The molecule has 2 aromatic rings. The fourth-order valence-corrected chi connectivity index (χ4v) is 3.92. The molecular weight excluding hydrogens is 359 g/mol. The Balaban J connectivity index is 0.00000182. The average Bonchev–Trinajstić information content (AvgIpc) is 3.08. The lowest BCUT2D eigenvalue weighted by Gasteiger charge is -2.27. The minimum Gasteiger partial charge on any atom is -0.385 e. The molecule has 1 unspecified atom stereocenters. The maximum atomic E-state index is 11.5. The monoisotopic (exact) mass is 374 g/mol. The number of aliphatic hydroxyl groups excluding tert-OH is 1. The van der Waals surface area contributed by atoms with Gasteiger partial charge < -0.3 is 20.9 Å². The molecule has 2 aliphatic heterocycles. The number of non-ortho nitro benzene ring substituents is 1. The highest BCUT2D eigenvalue weighted by Crippen LogP contribution is 2.52. The first kappa shape index (κ1) is 17.9. The third-order valence-electron chi connectivity index (χ3n) is 4.02. The standard InChI is InChI=1S/C12H12N3O8P.H3N/c16-10-11-9(5-21-24(19,20)23-11)22-12(10)14-7-2-1-3-8(15(17)18)6(7)4-13-14;/h1-4,9-12,16H,5H2,(H,19,20);1H3/t9-,10-,11-,12-;/m1./s1. The Kier molecular flexibility index (Phi) is 4.37. The highest BCUT2D eigenvalue weighted by atomic mass is 31.2. The molecule has 0 aliphatic carbocycles. The van der Waals surface area contributed by atoms with E-state index >= 15 is 0 Å². The first-order chi connectivity index (χ1) is 11.4. The summed E-state index contributed by atoms with van der Waals surface area (Å²) >= 11 is 0. The zero-order chi connectivity index (χ0) is 17.1. The van der Waals surface area contributed by atoms with Gasteiger partial charge in [-0.25, -0.2) is 9.25 Å². The number of ether oxygens (including phenoxy) is 1. The number of rotatable bonds is 2. The molecule has 25 heavy (non-hydrogen) atoms. The van der Waals surface area contributed by atoms with Crippen molar-refractivity contribution >= 4 is 24.4 Å². The second-order valence-corrected chi connectivity index (χ2v) is 6.85. The summed E-state index contributed by atoms with van der Waals surface area (Å²) in [5, 5.41) is 25.8. The predicted molar refractivity (Wildman–Crippen MR) is 82.0 cm³/mol. The SMILES string of the molecule is N.O=[N+]([O-])c1cccc2c1cnn2[C@@H]1O[C@@H]2COP(=O)(O)O[C@H]2[C@H]1O. The molecule has 4 rings (SSSR count). The van der Waals surface area contributed by atoms with Crippen LogP contribution >= 0.6 is 7.82 Å². The summed E-state index contributed by atoms with van der Waals surface area (Å²) < 4.78 is 27.9. The number of phosphoric ester groups is 1. The molecule has 13 heteroatoms. The number of phosphoric acid groups is 1. The van der Waals surface area contributed by atoms with E-state index < -0.39 is 37.3 Å². The van der Waals surface area contributed by atoms with Gasteiger partial charge in [0.25, 0.3) is 5.69 Å². The Morgan fingerprint density at radius 1 is 1.44 bits per heavy atom. The third-order valence-corrected chi connectivity index (χ3v) is 5.01. The van der Waals surface area contributed by atoms with Crippen molar-refractivity contribution in [3.63, 3.8) is 0 Å². The fraction of sp³-hybridized carbons (Fsp3) is 0.417. The van der Waals surface area contributed by atoms with Crippen molar-refractivity contribution in [3.05, 3.63) is 34.5 Å². The van der Waals surface area contributed by atoms with Gasteiger partial charge in [0.2, 0.25) is 0 Å². The lowest BCUT2D eigenvalue weighted by atomic mass is 10.1. The van der Waals surface area contributed by atoms with Gasteiger partial charge in [-0.05, 0) is 6.07 Å². The average molecular weight is 374 g/mol. The van der Waals surface area contributed by atoms with Crippen LogP contribution in [-0.2, 0) is 18.3 Å². The Bertz CT molecular complexity index is 872. The summed E-state index contributed by atoms with van der Waals surface area (Å²) in [6, 6.07) is 4.44. The van der Waals surface area contributed by atoms with E-state index in [-0.39, 0.29) is 23.8 Å². The van der Waals surface area contributed by atoms with Crippen LogP contribution < -0.4 is 6.15 Å². The largest absolute Gasteiger partial charge is 0.472 e. The summed E-state index contributed by atoms with van der Waals surface area (Å²) in [5.74, 6) is 0. The lowest BCUT2D eigenvalue weighted by molar-refractivity contribution is -0.383. The zero-order valence-corrected chi connectivity index (χ0v) is 13.6. The van der Waals surface area contributed by atoms with Gasteiger partial charge in [-0.2, -0.15) is 5.10 Å². The van der Waals surface area contributed by atoms with Crippen molar-refractivity contribution in [1.29, 1.82) is 0 Å². The van der Waals surface area contributed by atoms with E-state index in [9.17, 15) is 24.7 Å². The van der Waals surface area contributed by atoms with Gasteiger partial charge in [-0.1, -0.05) is 6.07 Å². The molecule has 2 aliphatic rings. The van der Waals surface area contributed by atoms with E-state index in [1.54, 1.807) is 6.07 Å². The van der Waals surface area contributed by atoms with Crippen molar-refractivity contribution in [2.45, 2.75) is 24.5 Å². The van der Waals surface area contributed by atoms with Crippen molar-refractivity contribution in [3.8, 4) is 0 Å². The van der Waals surface area contributed by atoms with Crippen LogP contribution in [0.5, 0.6) is 0 Å². The quantitative estimate of drug-likeness (QED) is 0.387. The van der Waals surface area contributed by atoms with Crippen LogP contribution in [0.4, 0.5) is 5.69 Å². The first-order valence-corrected chi connectivity index (χ1v) is 8.47. The molecule has 1 aromatic heterocycles. The zero-order valence-electron chi connectivity index (χ0n) is 12.7. The Labute approximate surface area is 140 Å². The molecule has 0 saturated carbocycles. The van der Waals surface area contributed by atoms with Gasteiger partial charge in [-0.15, -0.1) is 0 Å². The minimum atomic E-state index is -4.23. The topological polar surface area (TPSA) is 181 Å². The number of nitro benzene ring substituents is 1. The van der Waals surface area contributed by atoms with Crippen molar-refractivity contribution in [2.24, 2.45) is 0 Å². The molecular formula is C12H15N4O8P. The van der Waals surface area contributed by atoms with Crippen LogP contribution in [0.15, 0.2) is 24.4 Å². The Morgan fingerprint density at radius 2 is 2.20 bits per heavy atom. The van der Waals surface area contributed by atoms with Crippen LogP contribution in [0, 0.1) is 10.1 Å². The van der Waals surface area contributed by atoms with Crippen LogP contribution in [0.2, 0.25) is 0 Å². The lowest BCUT2D eigenvalue weighted by Crippen LogP contribution is -2.39. The van der Waals surface area contributed by atoms with Crippen LogP contribution in [0.1, 0.15) is 6.23 Å². The molecule has 5 atom stereocenters. The van der Waals surface area contributed by atoms with Gasteiger partial charge in [-0.3, -0.25) is 19.2 Å². The van der Waals surface area contributed by atoms with Crippen molar-refractivity contribution in [1.82, 2.24) is 15.9 Å². The Hall–Kier alpha value is -1.92. The second-order valence-electron chi connectivity index (χ2n) is 5.45. The molecule has 5 N–H and O–H groups in total. The maximum absolute atomic E-state index is 11.5. The van der Waals surface area contributed by atoms with Crippen molar-refractivity contribution < 1.29 is 33.3 Å². The smallest absolute Gasteiger partial charge is 0.385 e. The summed E-state index contributed by atoms with van der Waals surface area (Å²) in [6.45, 7) is -0.217. The molecule has 1 aromatic carbocycles. The molecule has 2 saturated heterocycles. The third kappa shape index (κ3) is 2.83. The van der Waals surface area contributed by atoms with E-state index in [1.165, 1.54) is 23.0 Å². The van der Waals surface area contributed by atoms with Crippen LogP contribution in [0.3, 0.4) is 0 Å². The van der Waals surface area contributed by atoms with Gasteiger partial charge in [0, 0.05) is 6.07 Å². The highest BCUT2D eigenvalue weighted by molar-refractivity contribution is 7.47. The number of aromatic nitrogens is 2. The number of aliphatic hydroxyl groups is 1. The summed E-state index contributed by atoms with van der Waals surface area (Å²) in [7, 11) is -4.23. The van der Waals surface area contributed by atoms with Gasteiger partial charge >= 0.3 is 7.82 Å². The normalized spacial score (nSPS) is 34.5.